The molecule has 0 aliphatic carbocycles. The molecular weight excluding hydrogens is 246 g/mol. The predicted molar refractivity (Wildman–Crippen MR) is 84.8 cm³/mol. The first kappa shape index (κ1) is 15.2. The number of hydrogen-bond acceptors (Lipinski definition) is 2. The van der Waals surface area contributed by atoms with Crippen molar-refractivity contribution in [1.29, 1.82) is 0 Å². The Hall–Kier alpha value is -1.15. The van der Waals surface area contributed by atoms with Crippen LogP contribution in [0.5, 0.6) is 0 Å². The minimum absolute atomic E-state index is 0.0462. The highest BCUT2D eigenvalue weighted by atomic mass is 16.5. The van der Waals surface area contributed by atoms with Crippen LogP contribution < -0.4 is 0 Å². The van der Waals surface area contributed by atoms with Crippen LogP contribution in [0.1, 0.15) is 76.1 Å². The smallest absolute Gasteiger partial charge is 0.0980 e. The van der Waals surface area contributed by atoms with Crippen LogP contribution in [0.25, 0.3) is 5.57 Å². The maximum Gasteiger partial charge on any atom is 0.0980 e. The topological polar surface area (TPSA) is 22.1 Å². The van der Waals surface area contributed by atoms with Crippen LogP contribution in [0.15, 0.2) is 12.1 Å². The number of rotatable bonds is 2. The number of fused-ring (bicyclic) bond motifs is 1. The summed E-state index contributed by atoms with van der Waals surface area (Å²) >= 11 is 0. The van der Waals surface area contributed by atoms with Crippen molar-refractivity contribution in [3.05, 3.63) is 34.7 Å². The SMILES string of the molecule is Cc1cc(C(C)C)c2c(n1)[C@H](C)O[C@H](C)C=C2C(C)C. The quantitative estimate of drug-likeness (QED) is 0.753. The molecule has 0 saturated heterocycles. The molecule has 1 aliphatic heterocycles. The van der Waals surface area contributed by atoms with Crippen LogP contribution >= 0.6 is 0 Å². The predicted octanol–water partition coefficient (Wildman–Crippen LogP) is 5.03. The summed E-state index contributed by atoms with van der Waals surface area (Å²) in [5, 5.41) is 0. The lowest BCUT2D eigenvalue weighted by atomic mass is 9.85. The highest BCUT2D eigenvalue weighted by Crippen LogP contribution is 2.39. The van der Waals surface area contributed by atoms with Gasteiger partial charge in [0.25, 0.3) is 0 Å². The third-order valence-electron chi connectivity index (χ3n) is 3.96. The minimum Gasteiger partial charge on any atom is -0.365 e. The van der Waals surface area contributed by atoms with Crippen molar-refractivity contribution in [1.82, 2.24) is 4.98 Å². The first-order valence-electron chi connectivity index (χ1n) is 7.70. The van der Waals surface area contributed by atoms with Gasteiger partial charge in [0.1, 0.15) is 0 Å². The van der Waals surface area contributed by atoms with Crippen LogP contribution in [0.3, 0.4) is 0 Å². The van der Waals surface area contributed by atoms with E-state index in [4.69, 9.17) is 9.72 Å². The van der Waals surface area contributed by atoms with Gasteiger partial charge in [-0.15, -0.1) is 0 Å². The van der Waals surface area contributed by atoms with Crippen LogP contribution in [-0.2, 0) is 4.74 Å². The molecule has 2 rings (SSSR count). The molecule has 20 heavy (non-hydrogen) atoms. The number of aromatic nitrogens is 1. The largest absolute Gasteiger partial charge is 0.365 e. The molecule has 0 N–H and O–H groups in total. The number of ether oxygens (including phenoxy) is 1. The molecule has 0 bridgehead atoms. The van der Waals surface area contributed by atoms with E-state index >= 15 is 0 Å². The van der Waals surface area contributed by atoms with Crippen LogP contribution in [-0.4, -0.2) is 11.1 Å². The summed E-state index contributed by atoms with van der Waals surface area (Å²) < 4.78 is 6.07. The average molecular weight is 273 g/mol. The van der Waals surface area contributed by atoms with E-state index in [1.165, 1.54) is 16.7 Å². The third-order valence-corrected chi connectivity index (χ3v) is 3.96. The Morgan fingerprint density at radius 3 is 2.30 bits per heavy atom. The lowest BCUT2D eigenvalue weighted by molar-refractivity contribution is 0.0325. The summed E-state index contributed by atoms with van der Waals surface area (Å²) in [5.74, 6) is 0.973. The molecule has 0 fully saturated rings. The second kappa shape index (κ2) is 5.69. The van der Waals surface area contributed by atoms with Crippen LogP contribution in [0, 0.1) is 12.8 Å². The molecule has 110 valence electrons. The number of pyridine rings is 1. The van der Waals surface area contributed by atoms with E-state index in [9.17, 15) is 0 Å². The van der Waals surface area contributed by atoms with Gasteiger partial charge in [-0.1, -0.05) is 33.8 Å². The summed E-state index contributed by atoms with van der Waals surface area (Å²) in [6, 6.07) is 2.24. The Labute approximate surface area is 123 Å². The molecule has 0 saturated carbocycles. The second-order valence-electron chi connectivity index (χ2n) is 6.53. The van der Waals surface area contributed by atoms with Gasteiger partial charge in [0.15, 0.2) is 0 Å². The van der Waals surface area contributed by atoms with Crippen molar-refractivity contribution in [2.75, 3.05) is 0 Å². The summed E-state index contributed by atoms with van der Waals surface area (Å²) in [5.41, 5.74) is 6.31. The summed E-state index contributed by atoms with van der Waals surface area (Å²) in [4.78, 5) is 4.80. The van der Waals surface area contributed by atoms with Gasteiger partial charge in [-0.2, -0.15) is 0 Å². The molecule has 1 aliphatic rings. The molecule has 0 aromatic carbocycles. The molecule has 0 spiro atoms. The van der Waals surface area contributed by atoms with Crippen LogP contribution in [0.4, 0.5) is 0 Å². The van der Waals surface area contributed by atoms with E-state index in [0.717, 1.165) is 11.4 Å². The zero-order chi connectivity index (χ0) is 15.0. The number of nitrogens with zero attached hydrogens (tertiary/aromatic N) is 1. The number of allylic oxidation sites excluding steroid dienone is 1. The first-order valence-corrected chi connectivity index (χ1v) is 7.70. The molecule has 2 heterocycles. The molecular formula is C18H27NO. The zero-order valence-corrected chi connectivity index (χ0v) is 13.8. The molecule has 1 aromatic rings. The second-order valence-corrected chi connectivity index (χ2v) is 6.53. The van der Waals surface area contributed by atoms with Crippen molar-refractivity contribution < 1.29 is 4.74 Å². The Morgan fingerprint density at radius 1 is 1.10 bits per heavy atom. The lowest BCUT2D eigenvalue weighted by Crippen LogP contribution is -2.11. The summed E-state index contributed by atoms with van der Waals surface area (Å²) in [7, 11) is 0. The van der Waals surface area contributed by atoms with Crippen molar-refractivity contribution in [2.45, 2.75) is 66.6 Å². The van der Waals surface area contributed by atoms with E-state index < -0.39 is 0 Å². The Balaban J connectivity index is 2.76. The number of aryl methyl sites for hydroxylation is 1. The van der Waals surface area contributed by atoms with Crippen LogP contribution in [0.2, 0.25) is 0 Å². The highest BCUT2D eigenvalue weighted by Gasteiger charge is 2.27. The van der Waals surface area contributed by atoms with Gasteiger partial charge in [-0.05, 0) is 49.8 Å². The maximum atomic E-state index is 6.07. The third kappa shape index (κ3) is 2.80. The summed E-state index contributed by atoms with van der Waals surface area (Å²) in [6.45, 7) is 15.3. The van der Waals surface area contributed by atoms with Crippen molar-refractivity contribution in [3.63, 3.8) is 0 Å². The van der Waals surface area contributed by atoms with E-state index in [2.05, 4.69) is 60.6 Å². The fourth-order valence-electron chi connectivity index (χ4n) is 3.03. The molecule has 2 atom stereocenters. The molecule has 1 aromatic heterocycles. The van der Waals surface area contributed by atoms with Crippen molar-refractivity contribution in [2.24, 2.45) is 5.92 Å². The van der Waals surface area contributed by atoms with Crippen molar-refractivity contribution in [3.8, 4) is 0 Å². The van der Waals surface area contributed by atoms with Gasteiger partial charge in [0.2, 0.25) is 0 Å². The summed E-state index contributed by atoms with van der Waals surface area (Å²) in [6.07, 6.45) is 2.46. The average Bonchev–Trinajstić information content (AvgIpc) is 2.46. The number of hydrogen-bond donors (Lipinski definition) is 0. The fraction of sp³-hybridized carbons (Fsp3) is 0.611. The van der Waals surface area contributed by atoms with E-state index in [1.54, 1.807) is 0 Å². The van der Waals surface area contributed by atoms with Gasteiger partial charge >= 0.3 is 0 Å². The Kier molecular flexibility index (Phi) is 4.33. The van der Waals surface area contributed by atoms with Gasteiger partial charge < -0.3 is 4.74 Å². The van der Waals surface area contributed by atoms with E-state index in [1.807, 2.05) is 0 Å². The van der Waals surface area contributed by atoms with Gasteiger partial charge in [-0.25, -0.2) is 0 Å². The molecule has 0 radical (unpaired) electrons. The monoisotopic (exact) mass is 273 g/mol. The normalized spacial score (nSPS) is 22.8. The fourth-order valence-corrected chi connectivity index (χ4v) is 3.03. The molecule has 0 unspecified atom stereocenters. The minimum atomic E-state index is 0.0462. The van der Waals surface area contributed by atoms with E-state index in [-0.39, 0.29) is 12.2 Å². The maximum absolute atomic E-state index is 6.07. The standard InChI is InChI=1S/C18H27NO/c1-10(2)15-8-12(5)19-18-14(7)20-13(6)9-16(11(3)4)17(15)18/h8-11,13-14H,1-7H3/t13-,14+/m1/s1. The van der Waals surface area contributed by atoms with Gasteiger partial charge in [-0.3, -0.25) is 4.98 Å². The van der Waals surface area contributed by atoms with Gasteiger partial charge in [0.05, 0.1) is 17.9 Å². The Morgan fingerprint density at radius 2 is 1.75 bits per heavy atom. The Bertz CT molecular complexity index is 528. The molecule has 2 nitrogen and oxygen atoms in total. The van der Waals surface area contributed by atoms with Gasteiger partial charge in [0, 0.05) is 11.3 Å². The lowest BCUT2D eigenvalue weighted by Gasteiger charge is -2.22. The highest BCUT2D eigenvalue weighted by molar-refractivity contribution is 5.73. The first-order chi connectivity index (χ1) is 9.31. The molecule has 0 amide bonds. The zero-order valence-electron chi connectivity index (χ0n) is 13.8. The van der Waals surface area contributed by atoms with Crippen molar-refractivity contribution >= 4 is 5.57 Å². The van der Waals surface area contributed by atoms with E-state index in [0.29, 0.717) is 11.8 Å². The molecule has 2 heteroatoms.